The van der Waals surface area contributed by atoms with Crippen LogP contribution in [0.1, 0.15) is 17.2 Å². The number of rotatable bonds is 5. The third-order valence-electron chi connectivity index (χ3n) is 3.25. The van der Waals surface area contributed by atoms with Gasteiger partial charge in [-0.2, -0.15) is 5.26 Å². The molecule has 1 N–H and O–H groups in total. The molecule has 0 heterocycles. The molecule has 0 aliphatic carbocycles. The lowest BCUT2D eigenvalue weighted by molar-refractivity contribution is -0.136. The van der Waals surface area contributed by atoms with Crippen molar-refractivity contribution in [2.75, 3.05) is 12.4 Å². The van der Waals surface area contributed by atoms with Crippen molar-refractivity contribution in [2.45, 2.75) is 6.04 Å². The number of carbonyl (C=O) groups excluding carboxylic acids is 1. The Kier molecular flexibility index (Phi) is 4.94. The number of esters is 1. The number of anilines is 1. The highest BCUT2D eigenvalue weighted by Gasteiger charge is 2.21. The molecule has 0 radical (unpaired) electrons. The highest BCUT2D eigenvalue weighted by Crippen LogP contribution is 2.26. The average molecular weight is 292 g/mol. The van der Waals surface area contributed by atoms with Gasteiger partial charge in [-0.05, 0) is 29.8 Å². The summed E-state index contributed by atoms with van der Waals surface area (Å²) in [6, 6.07) is 18.2. The first kappa shape index (κ1) is 15.3. The number of benzene rings is 2. The molecule has 0 bridgehead atoms. The van der Waals surface area contributed by atoms with Gasteiger partial charge < -0.3 is 10.1 Å². The van der Waals surface area contributed by atoms with Crippen molar-refractivity contribution in [3.8, 4) is 6.07 Å². The summed E-state index contributed by atoms with van der Waals surface area (Å²) in [5, 5.41) is 12.1. The second kappa shape index (κ2) is 7.09. The van der Waals surface area contributed by atoms with Crippen LogP contribution < -0.4 is 5.32 Å². The number of methoxy groups -OCH3 is 1. The number of nitriles is 1. The van der Waals surface area contributed by atoms with Crippen LogP contribution in [-0.2, 0) is 9.53 Å². The van der Waals surface area contributed by atoms with Crippen molar-refractivity contribution >= 4 is 11.7 Å². The lowest BCUT2D eigenvalue weighted by atomic mass is 9.99. The van der Waals surface area contributed by atoms with Gasteiger partial charge in [0.05, 0.1) is 30.4 Å². The van der Waals surface area contributed by atoms with Gasteiger partial charge in [0, 0.05) is 5.69 Å². The number of ether oxygens (including phenoxy) is 1. The molecule has 2 aromatic carbocycles. The fourth-order valence-electron chi connectivity index (χ4n) is 2.07. The zero-order valence-electron chi connectivity index (χ0n) is 12.2. The SMILES string of the molecule is C=C(C(=O)OC)[C@H](Nc1ccc(C#N)cc1)c1ccccc1. The molecule has 0 aliphatic heterocycles. The second-order valence-corrected chi connectivity index (χ2v) is 4.69. The van der Waals surface area contributed by atoms with E-state index in [1.165, 1.54) is 7.11 Å². The van der Waals surface area contributed by atoms with E-state index in [1.54, 1.807) is 24.3 Å². The second-order valence-electron chi connectivity index (χ2n) is 4.69. The Morgan fingerprint density at radius 3 is 2.36 bits per heavy atom. The number of hydrogen-bond donors (Lipinski definition) is 1. The van der Waals surface area contributed by atoms with E-state index >= 15 is 0 Å². The monoisotopic (exact) mass is 292 g/mol. The predicted molar refractivity (Wildman–Crippen MR) is 85.1 cm³/mol. The predicted octanol–water partition coefficient (Wildman–Crippen LogP) is 3.44. The molecule has 0 aliphatic rings. The summed E-state index contributed by atoms with van der Waals surface area (Å²) in [5.41, 5.74) is 2.59. The Labute approximate surface area is 129 Å². The third kappa shape index (κ3) is 3.53. The maximum Gasteiger partial charge on any atom is 0.335 e. The first-order valence-corrected chi connectivity index (χ1v) is 6.74. The minimum atomic E-state index is -0.463. The van der Waals surface area contributed by atoms with E-state index < -0.39 is 12.0 Å². The van der Waals surface area contributed by atoms with Crippen LogP contribution >= 0.6 is 0 Å². The van der Waals surface area contributed by atoms with Crippen molar-refractivity contribution in [1.82, 2.24) is 0 Å². The van der Waals surface area contributed by atoms with Crippen LogP contribution in [0, 0.1) is 11.3 Å². The molecule has 0 spiro atoms. The van der Waals surface area contributed by atoms with Crippen LogP contribution in [0.3, 0.4) is 0 Å². The van der Waals surface area contributed by atoms with Crippen LogP contribution in [-0.4, -0.2) is 13.1 Å². The lowest BCUT2D eigenvalue weighted by Gasteiger charge is -2.21. The Balaban J connectivity index is 2.30. The van der Waals surface area contributed by atoms with Crippen molar-refractivity contribution in [2.24, 2.45) is 0 Å². The molecule has 4 nitrogen and oxygen atoms in total. The van der Waals surface area contributed by atoms with E-state index in [9.17, 15) is 4.79 Å². The summed E-state index contributed by atoms with van der Waals surface area (Å²) in [7, 11) is 1.33. The van der Waals surface area contributed by atoms with E-state index in [2.05, 4.69) is 18.0 Å². The minimum Gasteiger partial charge on any atom is -0.466 e. The van der Waals surface area contributed by atoms with E-state index in [-0.39, 0.29) is 0 Å². The molecule has 1 atom stereocenters. The molecule has 0 amide bonds. The Bertz CT molecular complexity index is 700. The first-order valence-electron chi connectivity index (χ1n) is 6.74. The summed E-state index contributed by atoms with van der Waals surface area (Å²) < 4.78 is 4.77. The Morgan fingerprint density at radius 1 is 1.18 bits per heavy atom. The van der Waals surface area contributed by atoms with Crippen LogP contribution in [0.15, 0.2) is 66.7 Å². The highest BCUT2D eigenvalue weighted by atomic mass is 16.5. The van der Waals surface area contributed by atoms with Gasteiger partial charge in [0.15, 0.2) is 0 Å². The Hall–Kier alpha value is -3.06. The first-order chi connectivity index (χ1) is 10.7. The molecule has 0 saturated heterocycles. The van der Waals surface area contributed by atoms with E-state index in [1.807, 2.05) is 30.3 Å². The molecular formula is C18H16N2O2. The van der Waals surface area contributed by atoms with Gasteiger partial charge in [-0.15, -0.1) is 0 Å². The summed E-state index contributed by atoms with van der Waals surface area (Å²) in [4.78, 5) is 11.8. The average Bonchev–Trinajstić information content (AvgIpc) is 2.59. The van der Waals surface area contributed by atoms with E-state index in [0.29, 0.717) is 11.1 Å². The summed E-state index contributed by atoms with van der Waals surface area (Å²) in [6.07, 6.45) is 0. The third-order valence-corrected chi connectivity index (χ3v) is 3.25. The molecule has 0 saturated carbocycles. The number of nitrogens with zero attached hydrogens (tertiary/aromatic N) is 1. The Morgan fingerprint density at radius 2 is 1.82 bits per heavy atom. The quantitative estimate of drug-likeness (QED) is 0.677. The lowest BCUT2D eigenvalue weighted by Crippen LogP contribution is -2.19. The van der Waals surface area contributed by atoms with Crippen LogP contribution in [0.2, 0.25) is 0 Å². The molecule has 4 heteroatoms. The number of carbonyl (C=O) groups is 1. The number of hydrogen-bond acceptors (Lipinski definition) is 4. The number of nitrogens with one attached hydrogen (secondary N) is 1. The molecule has 110 valence electrons. The maximum absolute atomic E-state index is 11.8. The zero-order chi connectivity index (χ0) is 15.9. The summed E-state index contributed by atoms with van der Waals surface area (Å²) >= 11 is 0. The van der Waals surface area contributed by atoms with Crippen LogP contribution in [0.4, 0.5) is 5.69 Å². The largest absolute Gasteiger partial charge is 0.466 e. The van der Waals surface area contributed by atoms with Crippen molar-refractivity contribution in [1.29, 1.82) is 5.26 Å². The topological polar surface area (TPSA) is 62.1 Å². The maximum atomic E-state index is 11.8. The van der Waals surface area contributed by atoms with Crippen LogP contribution in [0.25, 0.3) is 0 Å². The van der Waals surface area contributed by atoms with Crippen LogP contribution in [0.5, 0.6) is 0 Å². The molecule has 22 heavy (non-hydrogen) atoms. The normalized spacial score (nSPS) is 11.1. The van der Waals surface area contributed by atoms with Crippen molar-refractivity contribution in [3.05, 3.63) is 77.9 Å². The van der Waals surface area contributed by atoms with E-state index in [0.717, 1.165) is 11.3 Å². The van der Waals surface area contributed by atoms with Gasteiger partial charge in [0.1, 0.15) is 0 Å². The van der Waals surface area contributed by atoms with E-state index in [4.69, 9.17) is 10.00 Å². The smallest absolute Gasteiger partial charge is 0.335 e. The molecule has 2 rings (SSSR count). The summed E-state index contributed by atoms with van der Waals surface area (Å²) in [5.74, 6) is -0.463. The minimum absolute atomic E-state index is 0.318. The molecule has 0 aromatic heterocycles. The molecule has 0 fully saturated rings. The molecule has 2 aromatic rings. The molecular weight excluding hydrogens is 276 g/mol. The van der Waals surface area contributed by atoms with Gasteiger partial charge in [0.2, 0.25) is 0 Å². The fraction of sp³-hybridized carbons (Fsp3) is 0.111. The standard InChI is InChI=1S/C18H16N2O2/c1-13(18(21)22-2)17(15-6-4-3-5-7-15)20-16-10-8-14(12-19)9-11-16/h3-11,17,20H,1H2,2H3/t17-/m0/s1. The highest BCUT2D eigenvalue weighted by molar-refractivity contribution is 5.90. The van der Waals surface area contributed by atoms with Crippen molar-refractivity contribution < 1.29 is 9.53 Å². The van der Waals surface area contributed by atoms with Crippen molar-refractivity contribution in [3.63, 3.8) is 0 Å². The van der Waals surface area contributed by atoms with Gasteiger partial charge in [0.25, 0.3) is 0 Å². The van der Waals surface area contributed by atoms with Gasteiger partial charge in [-0.25, -0.2) is 4.79 Å². The van der Waals surface area contributed by atoms with Gasteiger partial charge in [-0.3, -0.25) is 0 Å². The van der Waals surface area contributed by atoms with Gasteiger partial charge >= 0.3 is 5.97 Å². The van der Waals surface area contributed by atoms with Gasteiger partial charge in [-0.1, -0.05) is 36.9 Å². The zero-order valence-corrected chi connectivity index (χ0v) is 12.2. The summed E-state index contributed by atoms with van der Waals surface area (Å²) in [6.45, 7) is 3.84. The fourth-order valence-corrected chi connectivity index (χ4v) is 2.07. The molecule has 0 unspecified atom stereocenters.